The van der Waals surface area contributed by atoms with Crippen LogP contribution in [0.15, 0.2) is 83.8 Å². The molecule has 3 rings (SSSR count). The summed E-state index contributed by atoms with van der Waals surface area (Å²) in [7, 11) is -2.63. The maximum absolute atomic E-state index is 12.5. The number of amides is 1. The van der Waals surface area contributed by atoms with E-state index in [-0.39, 0.29) is 21.8 Å². The minimum Gasteiger partial charge on any atom is -0.465 e. The van der Waals surface area contributed by atoms with E-state index in [0.717, 1.165) is 0 Å². The van der Waals surface area contributed by atoms with Gasteiger partial charge in [0.15, 0.2) is 0 Å². The van der Waals surface area contributed by atoms with Crippen molar-refractivity contribution in [3.05, 3.63) is 90.0 Å². The number of hydrogen-bond acceptors (Lipinski definition) is 5. The number of ether oxygens (including phenoxy) is 1. The number of benzene rings is 3. The molecule has 3 aromatic rings. The standard InChI is InChI=1S/C21H18N2O5S/c1-28-21(25)18-14-16(23-29(26,27)17-10-6-3-7-11-17)12-13-19(18)22-20(24)15-8-4-2-5-9-15/h2-14,23H,1H3,(H,22,24). The Morgan fingerprint density at radius 1 is 0.862 bits per heavy atom. The lowest BCUT2D eigenvalue weighted by Gasteiger charge is -2.13. The van der Waals surface area contributed by atoms with Crippen LogP contribution in [0, 0.1) is 0 Å². The first-order valence-electron chi connectivity index (χ1n) is 8.57. The van der Waals surface area contributed by atoms with Crippen LogP contribution in [0.25, 0.3) is 0 Å². The van der Waals surface area contributed by atoms with Gasteiger partial charge in [-0.15, -0.1) is 0 Å². The Kier molecular flexibility index (Phi) is 5.94. The normalized spacial score (nSPS) is 10.8. The molecule has 148 valence electrons. The molecule has 0 spiro atoms. The van der Waals surface area contributed by atoms with Crippen molar-refractivity contribution in [2.45, 2.75) is 4.90 Å². The summed E-state index contributed by atoms with van der Waals surface area (Å²) in [5.41, 5.74) is 0.794. The molecular weight excluding hydrogens is 392 g/mol. The fraction of sp³-hybridized carbons (Fsp3) is 0.0476. The molecule has 0 aliphatic rings. The highest BCUT2D eigenvalue weighted by Gasteiger charge is 2.19. The van der Waals surface area contributed by atoms with Gasteiger partial charge in [-0.2, -0.15) is 0 Å². The van der Waals surface area contributed by atoms with Crippen molar-refractivity contribution in [2.75, 3.05) is 17.1 Å². The molecule has 0 fully saturated rings. The van der Waals surface area contributed by atoms with Crippen LogP contribution in [0.4, 0.5) is 11.4 Å². The third-order valence-corrected chi connectivity index (χ3v) is 5.41. The molecule has 0 saturated carbocycles. The van der Waals surface area contributed by atoms with E-state index in [9.17, 15) is 18.0 Å². The lowest BCUT2D eigenvalue weighted by atomic mass is 10.1. The number of hydrogen-bond donors (Lipinski definition) is 2. The highest BCUT2D eigenvalue weighted by molar-refractivity contribution is 7.92. The maximum atomic E-state index is 12.5. The minimum atomic E-state index is -3.83. The second-order valence-corrected chi connectivity index (χ2v) is 7.67. The molecular formula is C21H18N2O5S. The van der Waals surface area contributed by atoms with E-state index in [0.29, 0.717) is 5.56 Å². The Labute approximate surface area is 168 Å². The molecule has 2 N–H and O–H groups in total. The van der Waals surface area contributed by atoms with Gasteiger partial charge in [0.25, 0.3) is 15.9 Å². The largest absolute Gasteiger partial charge is 0.465 e. The lowest BCUT2D eigenvalue weighted by molar-refractivity contribution is 0.0602. The molecule has 7 nitrogen and oxygen atoms in total. The SMILES string of the molecule is COC(=O)c1cc(NS(=O)(=O)c2ccccc2)ccc1NC(=O)c1ccccc1. The number of sulfonamides is 1. The van der Waals surface area contributed by atoms with Crippen LogP contribution in [-0.2, 0) is 14.8 Å². The second-order valence-electron chi connectivity index (χ2n) is 5.99. The number of rotatable bonds is 6. The quantitative estimate of drug-likeness (QED) is 0.606. The van der Waals surface area contributed by atoms with Crippen molar-refractivity contribution in [3.8, 4) is 0 Å². The van der Waals surface area contributed by atoms with Crippen molar-refractivity contribution < 1.29 is 22.7 Å². The summed E-state index contributed by atoms with van der Waals surface area (Å²) in [6.45, 7) is 0. The first kappa shape index (κ1) is 20.1. The number of nitrogens with one attached hydrogen (secondary N) is 2. The van der Waals surface area contributed by atoms with Crippen LogP contribution >= 0.6 is 0 Å². The zero-order valence-corrected chi connectivity index (χ0v) is 16.3. The average Bonchev–Trinajstić information content (AvgIpc) is 2.75. The smallest absolute Gasteiger partial charge is 0.340 e. The predicted molar refractivity (Wildman–Crippen MR) is 109 cm³/mol. The number of anilines is 2. The Morgan fingerprint density at radius 2 is 1.48 bits per heavy atom. The Balaban J connectivity index is 1.90. The van der Waals surface area contributed by atoms with Gasteiger partial charge in [0.05, 0.1) is 23.3 Å². The third kappa shape index (κ3) is 4.80. The zero-order valence-electron chi connectivity index (χ0n) is 15.5. The monoisotopic (exact) mass is 410 g/mol. The fourth-order valence-electron chi connectivity index (χ4n) is 2.59. The van der Waals surface area contributed by atoms with Gasteiger partial charge in [-0.3, -0.25) is 9.52 Å². The van der Waals surface area contributed by atoms with Crippen molar-refractivity contribution in [1.29, 1.82) is 0 Å². The molecule has 0 atom stereocenters. The highest BCUT2D eigenvalue weighted by atomic mass is 32.2. The number of carbonyl (C=O) groups excluding carboxylic acids is 2. The van der Waals surface area contributed by atoms with Gasteiger partial charge in [0.2, 0.25) is 0 Å². The maximum Gasteiger partial charge on any atom is 0.340 e. The zero-order chi connectivity index (χ0) is 20.9. The minimum absolute atomic E-state index is 0.0186. The van der Waals surface area contributed by atoms with E-state index in [1.54, 1.807) is 48.5 Å². The summed E-state index contributed by atoms with van der Waals surface area (Å²) in [4.78, 5) is 24.7. The molecule has 29 heavy (non-hydrogen) atoms. The molecule has 0 bridgehead atoms. The number of esters is 1. The van der Waals surface area contributed by atoms with Crippen molar-refractivity contribution >= 4 is 33.3 Å². The van der Waals surface area contributed by atoms with E-state index in [1.165, 1.54) is 37.4 Å². The third-order valence-electron chi connectivity index (χ3n) is 4.01. The molecule has 0 aliphatic carbocycles. The number of methoxy groups -OCH3 is 1. The highest BCUT2D eigenvalue weighted by Crippen LogP contribution is 2.24. The van der Waals surface area contributed by atoms with Gasteiger partial charge in [-0.25, -0.2) is 13.2 Å². The Bertz CT molecular complexity index is 1130. The van der Waals surface area contributed by atoms with Crippen LogP contribution in [-0.4, -0.2) is 27.4 Å². The predicted octanol–water partition coefficient (Wildman–Crippen LogP) is 3.53. The molecule has 0 saturated heterocycles. The van der Waals surface area contributed by atoms with E-state index >= 15 is 0 Å². The molecule has 8 heteroatoms. The van der Waals surface area contributed by atoms with Crippen LogP contribution in [0.2, 0.25) is 0 Å². The van der Waals surface area contributed by atoms with Gasteiger partial charge < -0.3 is 10.1 Å². The topological polar surface area (TPSA) is 102 Å². The van der Waals surface area contributed by atoms with Crippen LogP contribution < -0.4 is 10.0 Å². The van der Waals surface area contributed by atoms with Crippen molar-refractivity contribution in [1.82, 2.24) is 0 Å². The first-order valence-corrected chi connectivity index (χ1v) is 10.1. The van der Waals surface area contributed by atoms with Crippen molar-refractivity contribution in [3.63, 3.8) is 0 Å². The van der Waals surface area contributed by atoms with E-state index in [2.05, 4.69) is 10.0 Å². The molecule has 0 heterocycles. The van der Waals surface area contributed by atoms with E-state index in [4.69, 9.17) is 4.74 Å². The summed E-state index contributed by atoms with van der Waals surface area (Å²) < 4.78 is 32.2. The molecule has 1 amide bonds. The molecule has 0 unspecified atom stereocenters. The van der Waals surface area contributed by atoms with Crippen LogP contribution in [0.5, 0.6) is 0 Å². The summed E-state index contributed by atoms with van der Waals surface area (Å²) >= 11 is 0. The molecule has 0 aliphatic heterocycles. The van der Waals surface area contributed by atoms with E-state index in [1.807, 2.05) is 0 Å². The van der Waals surface area contributed by atoms with Crippen LogP contribution in [0.3, 0.4) is 0 Å². The molecule has 3 aromatic carbocycles. The van der Waals surface area contributed by atoms with Gasteiger partial charge in [-0.05, 0) is 42.5 Å². The number of carbonyl (C=O) groups is 2. The molecule has 0 radical (unpaired) electrons. The Morgan fingerprint density at radius 3 is 2.10 bits per heavy atom. The summed E-state index contributed by atoms with van der Waals surface area (Å²) in [6.07, 6.45) is 0. The summed E-state index contributed by atoms with van der Waals surface area (Å²) in [5, 5.41) is 2.65. The van der Waals surface area contributed by atoms with Crippen LogP contribution in [0.1, 0.15) is 20.7 Å². The van der Waals surface area contributed by atoms with Crippen molar-refractivity contribution in [2.24, 2.45) is 0 Å². The van der Waals surface area contributed by atoms with Gasteiger partial charge in [-0.1, -0.05) is 36.4 Å². The lowest BCUT2D eigenvalue weighted by Crippen LogP contribution is -2.17. The van der Waals surface area contributed by atoms with Gasteiger partial charge in [0, 0.05) is 11.3 Å². The fourth-order valence-corrected chi connectivity index (χ4v) is 3.66. The Hall–Kier alpha value is -3.65. The summed E-state index contributed by atoms with van der Waals surface area (Å²) in [5.74, 6) is -1.12. The molecule has 0 aromatic heterocycles. The first-order chi connectivity index (χ1) is 13.9. The second kappa shape index (κ2) is 8.57. The van der Waals surface area contributed by atoms with Gasteiger partial charge >= 0.3 is 5.97 Å². The average molecular weight is 410 g/mol. The summed E-state index contributed by atoms with van der Waals surface area (Å²) in [6, 6.07) is 20.5. The van der Waals surface area contributed by atoms with Gasteiger partial charge in [0.1, 0.15) is 0 Å². The van der Waals surface area contributed by atoms with E-state index < -0.39 is 21.9 Å².